The Kier molecular flexibility index (Phi) is 4.10. The summed E-state index contributed by atoms with van der Waals surface area (Å²) in [6.07, 6.45) is 2.37. The number of hydrogen-bond acceptors (Lipinski definition) is 2. The van der Waals surface area contributed by atoms with Crippen molar-refractivity contribution in [3.63, 3.8) is 0 Å². The van der Waals surface area contributed by atoms with Gasteiger partial charge in [-0.2, -0.15) is 0 Å². The SMILES string of the molecule is CSc1ccc(Cl)cc1CC(C)O. The molecule has 0 aliphatic carbocycles. The van der Waals surface area contributed by atoms with Gasteiger partial charge in [-0.05, 0) is 43.4 Å². The van der Waals surface area contributed by atoms with Gasteiger partial charge in [-0.15, -0.1) is 11.8 Å². The van der Waals surface area contributed by atoms with E-state index < -0.39 is 0 Å². The molecule has 0 aliphatic heterocycles. The highest BCUT2D eigenvalue weighted by molar-refractivity contribution is 7.98. The van der Waals surface area contributed by atoms with Gasteiger partial charge in [0.15, 0.2) is 0 Å². The molecule has 1 aromatic rings. The summed E-state index contributed by atoms with van der Waals surface area (Å²) in [4.78, 5) is 1.19. The van der Waals surface area contributed by atoms with E-state index in [9.17, 15) is 5.11 Å². The minimum atomic E-state index is -0.315. The lowest BCUT2D eigenvalue weighted by molar-refractivity contribution is 0.195. The molecule has 1 aromatic carbocycles. The molecule has 0 aromatic heterocycles. The summed E-state index contributed by atoms with van der Waals surface area (Å²) in [6, 6.07) is 5.78. The van der Waals surface area contributed by atoms with Crippen molar-refractivity contribution in [2.45, 2.75) is 24.3 Å². The maximum Gasteiger partial charge on any atom is 0.0552 e. The zero-order valence-corrected chi connectivity index (χ0v) is 9.32. The lowest BCUT2D eigenvalue weighted by Gasteiger charge is -2.09. The molecular formula is C10H13ClOS. The Balaban J connectivity index is 2.94. The molecule has 0 heterocycles. The van der Waals surface area contributed by atoms with E-state index in [0.29, 0.717) is 6.42 Å². The fourth-order valence-corrected chi connectivity index (χ4v) is 2.03. The minimum Gasteiger partial charge on any atom is -0.393 e. The molecule has 72 valence electrons. The van der Waals surface area contributed by atoms with E-state index in [1.165, 1.54) is 4.90 Å². The van der Waals surface area contributed by atoms with E-state index in [0.717, 1.165) is 10.6 Å². The lowest BCUT2D eigenvalue weighted by atomic mass is 10.1. The van der Waals surface area contributed by atoms with E-state index >= 15 is 0 Å². The van der Waals surface area contributed by atoms with E-state index in [-0.39, 0.29) is 6.10 Å². The Morgan fingerprint density at radius 2 is 2.23 bits per heavy atom. The second-order valence-corrected chi connectivity index (χ2v) is 4.29. The van der Waals surface area contributed by atoms with E-state index in [1.54, 1.807) is 18.7 Å². The molecule has 0 radical (unpaired) electrons. The molecule has 13 heavy (non-hydrogen) atoms. The Morgan fingerprint density at radius 3 is 2.77 bits per heavy atom. The van der Waals surface area contributed by atoms with Crippen LogP contribution in [0.5, 0.6) is 0 Å². The van der Waals surface area contributed by atoms with Crippen LogP contribution in [0.3, 0.4) is 0 Å². The fourth-order valence-electron chi connectivity index (χ4n) is 1.22. The molecule has 0 bridgehead atoms. The van der Waals surface area contributed by atoms with Crippen LogP contribution in [0.2, 0.25) is 5.02 Å². The first-order chi connectivity index (χ1) is 6.13. The molecule has 0 amide bonds. The van der Waals surface area contributed by atoms with Gasteiger partial charge in [-0.3, -0.25) is 0 Å². The minimum absolute atomic E-state index is 0.315. The van der Waals surface area contributed by atoms with E-state index in [1.807, 2.05) is 24.5 Å². The van der Waals surface area contributed by atoms with Crippen molar-refractivity contribution in [3.05, 3.63) is 28.8 Å². The quantitative estimate of drug-likeness (QED) is 0.784. The van der Waals surface area contributed by atoms with Gasteiger partial charge in [0.05, 0.1) is 6.10 Å². The molecule has 0 fully saturated rings. The van der Waals surface area contributed by atoms with Crippen molar-refractivity contribution < 1.29 is 5.11 Å². The number of halogens is 1. The number of hydrogen-bond donors (Lipinski definition) is 1. The molecule has 1 atom stereocenters. The zero-order chi connectivity index (χ0) is 9.84. The van der Waals surface area contributed by atoms with Gasteiger partial charge in [0, 0.05) is 9.92 Å². The van der Waals surface area contributed by atoms with Crippen LogP contribution in [0.25, 0.3) is 0 Å². The van der Waals surface area contributed by atoms with Gasteiger partial charge in [0.2, 0.25) is 0 Å². The van der Waals surface area contributed by atoms with E-state index in [2.05, 4.69) is 0 Å². The van der Waals surface area contributed by atoms with Gasteiger partial charge in [-0.25, -0.2) is 0 Å². The third kappa shape index (κ3) is 3.22. The maximum atomic E-state index is 9.26. The third-order valence-electron chi connectivity index (χ3n) is 1.76. The highest BCUT2D eigenvalue weighted by atomic mass is 35.5. The standard InChI is InChI=1S/C10H13ClOS/c1-7(12)5-8-6-9(11)3-4-10(8)13-2/h3-4,6-7,12H,5H2,1-2H3. The summed E-state index contributed by atoms with van der Waals surface area (Å²) in [7, 11) is 0. The van der Waals surface area contributed by atoms with E-state index in [4.69, 9.17) is 11.6 Å². The number of aliphatic hydroxyl groups is 1. The van der Waals surface area contributed by atoms with Crippen molar-refractivity contribution in [3.8, 4) is 0 Å². The summed E-state index contributed by atoms with van der Waals surface area (Å²) in [5, 5.41) is 9.99. The van der Waals surface area contributed by atoms with Crippen LogP contribution >= 0.6 is 23.4 Å². The number of thioether (sulfide) groups is 1. The summed E-state index contributed by atoms with van der Waals surface area (Å²) in [6.45, 7) is 1.78. The molecule has 1 unspecified atom stereocenters. The average Bonchev–Trinajstić information content (AvgIpc) is 2.03. The highest BCUT2D eigenvalue weighted by Crippen LogP contribution is 2.24. The Labute approximate surface area is 88.1 Å². The predicted molar refractivity (Wildman–Crippen MR) is 58.6 cm³/mol. The van der Waals surface area contributed by atoms with Crippen LogP contribution in [-0.2, 0) is 6.42 Å². The fraction of sp³-hybridized carbons (Fsp3) is 0.400. The second kappa shape index (κ2) is 4.89. The highest BCUT2D eigenvalue weighted by Gasteiger charge is 2.05. The molecule has 1 N–H and O–H groups in total. The smallest absolute Gasteiger partial charge is 0.0552 e. The van der Waals surface area contributed by atoms with Crippen LogP contribution in [0.4, 0.5) is 0 Å². The number of benzene rings is 1. The summed E-state index contributed by atoms with van der Waals surface area (Å²) >= 11 is 7.54. The molecule has 3 heteroatoms. The van der Waals surface area contributed by atoms with Gasteiger partial charge >= 0.3 is 0 Å². The first-order valence-electron chi connectivity index (χ1n) is 4.14. The number of aliphatic hydroxyl groups excluding tert-OH is 1. The maximum absolute atomic E-state index is 9.26. The Bertz CT molecular complexity index is 286. The lowest BCUT2D eigenvalue weighted by Crippen LogP contribution is -2.05. The van der Waals surface area contributed by atoms with Gasteiger partial charge in [0.1, 0.15) is 0 Å². The van der Waals surface area contributed by atoms with Gasteiger partial charge < -0.3 is 5.11 Å². The summed E-state index contributed by atoms with van der Waals surface area (Å²) in [5.41, 5.74) is 1.12. The molecule has 0 aliphatic rings. The van der Waals surface area contributed by atoms with Gasteiger partial charge in [-0.1, -0.05) is 11.6 Å². The first kappa shape index (κ1) is 10.9. The molecule has 0 saturated heterocycles. The van der Waals surface area contributed by atoms with Crippen molar-refractivity contribution >= 4 is 23.4 Å². The molecular weight excluding hydrogens is 204 g/mol. The van der Waals surface area contributed by atoms with Crippen molar-refractivity contribution in [2.75, 3.05) is 6.26 Å². The largest absolute Gasteiger partial charge is 0.393 e. The van der Waals surface area contributed by atoms with Crippen LogP contribution in [0.15, 0.2) is 23.1 Å². The Morgan fingerprint density at radius 1 is 1.54 bits per heavy atom. The van der Waals surface area contributed by atoms with Crippen molar-refractivity contribution in [1.82, 2.24) is 0 Å². The zero-order valence-electron chi connectivity index (χ0n) is 7.75. The topological polar surface area (TPSA) is 20.2 Å². The first-order valence-corrected chi connectivity index (χ1v) is 5.74. The molecule has 0 saturated carbocycles. The summed E-state index contributed by atoms with van der Waals surface area (Å²) < 4.78 is 0. The average molecular weight is 217 g/mol. The molecule has 1 rings (SSSR count). The summed E-state index contributed by atoms with van der Waals surface area (Å²) in [5.74, 6) is 0. The van der Waals surface area contributed by atoms with Crippen LogP contribution in [-0.4, -0.2) is 17.5 Å². The van der Waals surface area contributed by atoms with Crippen molar-refractivity contribution in [1.29, 1.82) is 0 Å². The predicted octanol–water partition coefficient (Wildman–Crippen LogP) is 2.99. The monoisotopic (exact) mass is 216 g/mol. The molecule has 1 nitrogen and oxygen atoms in total. The Hall–Kier alpha value is -0.180. The van der Waals surface area contributed by atoms with Crippen LogP contribution in [0.1, 0.15) is 12.5 Å². The van der Waals surface area contributed by atoms with Crippen LogP contribution in [0, 0.1) is 0 Å². The van der Waals surface area contributed by atoms with Crippen molar-refractivity contribution in [2.24, 2.45) is 0 Å². The third-order valence-corrected chi connectivity index (χ3v) is 2.83. The molecule has 0 spiro atoms. The van der Waals surface area contributed by atoms with Gasteiger partial charge in [0.25, 0.3) is 0 Å². The normalized spacial score (nSPS) is 12.9. The number of rotatable bonds is 3. The van der Waals surface area contributed by atoms with Crippen LogP contribution < -0.4 is 0 Å². The second-order valence-electron chi connectivity index (χ2n) is 3.01.